The van der Waals surface area contributed by atoms with E-state index >= 15 is 0 Å². The highest BCUT2D eigenvalue weighted by molar-refractivity contribution is 6.32. The zero-order chi connectivity index (χ0) is 14.0. The molecule has 0 amide bonds. The summed E-state index contributed by atoms with van der Waals surface area (Å²) in [6.45, 7) is 0.566. The van der Waals surface area contributed by atoms with Crippen LogP contribution in [0.1, 0.15) is 24.5 Å². The van der Waals surface area contributed by atoms with Gasteiger partial charge in [0.2, 0.25) is 0 Å². The lowest BCUT2D eigenvalue weighted by atomic mass is 10.1. The van der Waals surface area contributed by atoms with Crippen LogP contribution in [0, 0.1) is 5.92 Å². The molecule has 2 N–H and O–H groups in total. The molecule has 104 valence electrons. The van der Waals surface area contributed by atoms with E-state index in [4.69, 9.17) is 26.2 Å². The van der Waals surface area contributed by atoms with Crippen molar-refractivity contribution in [2.45, 2.75) is 18.9 Å². The highest BCUT2D eigenvalue weighted by Crippen LogP contribution is 2.39. The molecule has 1 aliphatic rings. The third-order valence-electron chi connectivity index (χ3n) is 2.96. The zero-order valence-corrected chi connectivity index (χ0v) is 11.2. The van der Waals surface area contributed by atoms with Crippen LogP contribution in [0.3, 0.4) is 0 Å². The van der Waals surface area contributed by atoms with E-state index < -0.39 is 12.1 Å². The Balaban J connectivity index is 2.25. The van der Waals surface area contributed by atoms with Gasteiger partial charge in [0, 0.05) is 0 Å². The lowest BCUT2D eigenvalue weighted by molar-refractivity contribution is -0.146. The van der Waals surface area contributed by atoms with Crippen LogP contribution in [-0.2, 0) is 4.79 Å². The number of hydrogen-bond acceptors (Lipinski definition) is 4. The molecular weight excluding hydrogens is 272 g/mol. The van der Waals surface area contributed by atoms with E-state index in [2.05, 4.69) is 0 Å². The number of rotatable bonds is 6. The lowest BCUT2D eigenvalue weighted by Crippen LogP contribution is -2.11. The summed E-state index contributed by atoms with van der Waals surface area (Å²) in [5, 5.41) is 18.5. The molecule has 1 atom stereocenters. The summed E-state index contributed by atoms with van der Waals surface area (Å²) < 4.78 is 10.7. The number of aliphatic carboxylic acids is 1. The lowest BCUT2D eigenvalue weighted by Gasteiger charge is -2.15. The highest BCUT2D eigenvalue weighted by atomic mass is 35.5. The fraction of sp³-hybridized carbons (Fsp3) is 0.462. The fourth-order valence-corrected chi connectivity index (χ4v) is 1.94. The highest BCUT2D eigenvalue weighted by Gasteiger charge is 2.25. The first-order chi connectivity index (χ1) is 9.02. The van der Waals surface area contributed by atoms with E-state index in [9.17, 15) is 9.90 Å². The zero-order valence-electron chi connectivity index (χ0n) is 10.4. The molecule has 0 aromatic heterocycles. The minimum atomic E-state index is -1.64. The average molecular weight is 287 g/mol. The van der Waals surface area contributed by atoms with Crippen molar-refractivity contribution >= 4 is 17.6 Å². The minimum Gasteiger partial charge on any atom is -0.493 e. The normalized spacial score (nSPS) is 15.9. The molecule has 0 radical (unpaired) electrons. The molecule has 19 heavy (non-hydrogen) atoms. The number of carboxylic acids is 1. The van der Waals surface area contributed by atoms with Gasteiger partial charge in [-0.3, -0.25) is 0 Å². The number of aliphatic hydroxyl groups excluding tert-OH is 1. The number of carboxylic acid groups (broad SMARTS) is 1. The number of benzene rings is 1. The molecule has 1 aromatic carbocycles. The average Bonchev–Trinajstić information content (AvgIpc) is 3.19. The van der Waals surface area contributed by atoms with Crippen molar-refractivity contribution in [2.75, 3.05) is 13.7 Å². The first-order valence-corrected chi connectivity index (χ1v) is 6.31. The summed E-state index contributed by atoms with van der Waals surface area (Å²) in [5.74, 6) is -0.0734. The molecule has 0 saturated heterocycles. The number of methoxy groups -OCH3 is 1. The van der Waals surface area contributed by atoms with E-state index in [0.29, 0.717) is 24.0 Å². The summed E-state index contributed by atoms with van der Waals surface area (Å²) in [4.78, 5) is 10.8. The molecule has 1 aromatic rings. The number of halogens is 1. The molecule has 1 fully saturated rings. The predicted octanol–water partition coefficient (Wildman–Crippen LogP) is 2.26. The number of aliphatic hydroxyl groups is 1. The first kappa shape index (κ1) is 14.0. The van der Waals surface area contributed by atoms with Crippen LogP contribution < -0.4 is 9.47 Å². The van der Waals surface area contributed by atoms with Gasteiger partial charge in [-0.2, -0.15) is 0 Å². The standard InChI is InChI=1S/C13H15ClO5/c1-18-10-5-8(11(15)13(16)17)4-9(14)12(10)19-6-7-2-3-7/h4-5,7,11,15H,2-3,6H2,1H3,(H,16,17). The largest absolute Gasteiger partial charge is 0.493 e. The second-order valence-corrected chi connectivity index (χ2v) is 4.94. The fourth-order valence-electron chi connectivity index (χ4n) is 1.67. The Morgan fingerprint density at radius 3 is 2.74 bits per heavy atom. The van der Waals surface area contributed by atoms with Crippen molar-refractivity contribution in [1.82, 2.24) is 0 Å². The maximum absolute atomic E-state index is 10.8. The Morgan fingerprint density at radius 1 is 1.53 bits per heavy atom. The van der Waals surface area contributed by atoms with E-state index in [1.54, 1.807) is 0 Å². The molecule has 0 heterocycles. The van der Waals surface area contributed by atoms with Gasteiger partial charge in [0.15, 0.2) is 17.6 Å². The van der Waals surface area contributed by atoms with Crippen LogP contribution in [0.4, 0.5) is 0 Å². The summed E-state index contributed by atoms with van der Waals surface area (Å²) in [6.07, 6.45) is 0.662. The monoisotopic (exact) mass is 286 g/mol. The maximum atomic E-state index is 10.8. The Labute approximate surface area is 115 Å². The van der Waals surface area contributed by atoms with Gasteiger partial charge in [-0.15, -0.1) is 0 Å². The Hall–Kier alpha value is -1.46. The van der Waals surface area contributed by atoms with Gasteiger partial charge < -0.3 is 19.7 Å². The van der Waals surface area contributed by atoms with Crippen LogP contribution in [0.5, 0.6) is 11.5 Å². The van der Waals surface area contributed by atoms with Gasteiger partial charge in [-0.1, -0.05) is 11.6 Å². The summed E-state index contributed by atoms with van der Waals surface area (Å²) in [5.41, 5.74) is 0.160. The Bertz CT molecular complexity index is 484. The summed E-state index contributed by atoms with van der Waals surface area (Å²) in [6, 6.07) is 2.80. The molecule has 0 spiro atoms. The van der Waals surface area contributed by atoms with Crippen molar-refractivity contribution in [3.05, 3.63) is 22.7 Å². The topological polar surface area (TPSA) is 76.0 Å². The van der Waals surface area contributed by atoms with Crippen molar-refractivity contribution in [3.63, 3.8) is 0 Å². The molecule has 1 aliphatic carbocycles. The predicted molar refractivity (Wildman–Crippen MR) is 68.8 cm³/mol. The SMILES string of the molecule is COc1cc(C(O)C(=O)O)cc(Cl)c1OCC1CC1. The smallest absolute Gasteiger partial charge is 0.337 e. The number of carbonyl (C=O) groups is 1. The van der Waals surface area contributed by atoms with Crippen molar-refractivity contribution in [2.24, 2.45) is 5.92 Å². The quantitative estimate of drug-likeness (QED) is 0.839. The van der Waals surface area contributed by atoms with Gasteiger partial charge in [-0.25, -0.2) is 4.79 Å². The van der Waals surface area contributed by atoms with E-state index in [0.717, 1.165) is 12.8 Å². The molecule has 2 rings (SSSR count). The molecule has 1 unspecified atom stereocenters. The number of ether oxygens (including phenoxy) is 2. The molecule has 5 nitrogen and oxygen atoms in total. The molecule has 1 saturated carbocycles. The molecular formula is C13H15ClO5. The van der Waals surface area contributed by atoms with Crippen LogP contribution in [0.25, 0.3) is 0 Å². The minimum absolute atomic E-state index is 0.160. The van der Waals surface area contributed by atoms with Crippen LogP contribution in [0.2, 0.25) is 5.02 Å². The van der Waals surface area contributed by atoms with Crippen molar-refractivity contribution in [1.29, 1.82) is 0 Å². The molecule has 6 heteroatoms. The van der Waals surface area contributed by atoms with E-state index in [1.807, 2.05) is 0 Å². The summed E-state index contributed by atoms with van der Waals surface area (Å²) >= 11 is 6.06. The Morgan fingerprint density at radius 2 is 2.21 bits per heavy atom. The van der Waals surface area contributed by atoms with E-state index in [-0.39, 0.29) is 10.6 Å². The summed E-state index contributed by atoms with van der Waals surface area (Å²) in [7, 11) is 1.44. The van der Waals surface area contributed by atoms with Crippen LogP contribution in [0.15, 0.2) is 12.1 Å². The van der Waals surface area contributed by atoms with Crippen molar-refractivity contribution in [3.8, 4) is 11.5 Å². The third-order valence-corrected chi connectivity index (χ3v) is 3.24. The van der Waals surface area contributed by atoms with Gasteiger partial charge in [-0.05, 0) is 36.5 Å². The van der Waals surface area contributed by atoms with Crippen molar-refractivity contribution < 1.29 is 24.5 Å². The van der Waals surface area contributed by atoms with E-state index in [1.165, 1.54) is 19.2 Å². The van der Waals surface area contributed by atoms with Gasteiger partial charge in [0.05, 0.1) is 18.7 Å². The molecule has 0 aliphatic heterocycles. The third kappa shape index (κ3) is 3.30. The van der Waals surface area contributed by atoms with Gasteiger partial charge in [0.25, 0.3) is 0 Å². The second-order valence-electron chi connectivity index (χ2n) is 4.53. The molecule has 0 bridgehead atoms. The maximum Gasteiger partial charge on any atom is 0.337 e. The van der Waals surface area contributed by atoms with Gasteiger partial charge in [0.1, 0.15) is 0 Å². The first-order valence-electron chi connectivity index (χ1n) is 5.94. The Kier molecular flexibility index (Phi) is 4.17. The van der Waals surface area contributed by atoms with Crippen LogP contribution >= 0.6 is 11.6 Å². The second kappa shape index (κ2) is 5.67. The number of hydrogen-bond donors (Lipinski definition) is 2. The van der Waals surface area contributed by atoms with Crippen LogP contribution in [-0.4, -0.2) is 29.9 Å². The van der Waals surface area contributed by atoms with Gasteiger partial charge >= 0.3 is 5.97 Å².